The number of carbonyl (C=O) groups excluding carboxylic acids is 1. The largest absolute Gasteiger partial charge is 0.491 e. The molecular formula is C21H14F5N5O3. The van der Waals surface area contributed by atoms with Crippen LogP contribution in [-0.4, -0.2) is 45.2 Å². The van der Waals surface area contributed by atoms with Crippen LogP contribution in [0.5, 0.6) is 5.75 Å². The van der Waals surface area contributed by atoms with Crippen LogP contribution < -0.4 is 10.1 Å². The highest BCUT2D eigenvalue weighted by atomic mass is 19.4. The number of ether oxygens (including phenoxy) is 1. The minimum Gasteiger partial charge on any atom is -0.419 e. The van der Waals surface area contributed by atoms with Gasteiger partial charge in [0.15, 0.2) is 11.6 Å². The van der Waals surface area contributed by atoms with E-state index in [9.17, 15) is 22.4 Å². The SMILES string of the molecule is O=C(Oc1ccc2c(c(C3CNC3)nn2Cc2nnc(-c3ccc(F)cc3)o2)c1F)C(F)(F)F. The molecule has 4 aromatic rings. The Kier molecular flexibility index (Phi) is 5.27. The molecular weight excluding hydrogens is 465 g/mol. The van der Waals surface area contributed by atoms with Crippen LogP contribution >= 0.6 is 0 Å². The smallest absolute Gasteiger partial charge is 0.419 e. The summed E-state index contributed by atoms with van der Waals surface area (Å²) in [6.45, 7) is 0.923. The Morgan fingerprint density at radius 1 is 1.12 bits per heavy atom. The number of benzene rings is 2. The Balaban J connectivity index is 1.50. The van der Waals surface area contributed by atoms with Gasteiger partial charge in [-0.15, -0.1) is 10.2 Å². The second kappa shape index (κ2) is 8.17. The Labute approximate surface area is 187 Å². The number of nitrogens with one attached hydrogen (secondary N) is 1. The zero-order valence-corrected chi connectivity index (χ0v) is 17.1. The summed E-state index contributed by atoms with van der Waals surface area (Å²) in [7, 11) is 0. The molecule has 1 aliphatic heterocycles. The molecule has 3 heterocycles. The number of halogens is 5. The van der Waals surface area contributed by atoms with Crippen LogP contribution in [0.15, 0.2) is 40.8 Å². The summed E-state index contributed by atoms with van der Waals surface area (Å²) in [4.78, 5) is 11.2. The number of hydrogen-bond acceptors (Lipinski definition) is 7. The third kappa shape index (κ3) is 3.98. The molecule has 0 saturated carbocycles. The number of aromatic nitrogens is 4. The minimum atomic E-state index is -5.27. The van der Waals surface area contributed by atoms with Gasteiger partial charge in [-0.05, 0) is 36.4 Å². The van der Waals surface area contributed by atoms with Crippen LogP contribution in [0.4, 0.5) is 22.0 Å². The van der Waals surface area contributed by atoms with E-state index in [1.165, 1.54) is 35.0 Å². The lowest BCUT2D eigenvalue weighted by molar-refractivity contribution is -0.189. The zero-order valence-electron chi connectivity index (χ0n) is 17.1. The van der Waals surface area contributed by atoms with Crippen LogP contribution in [-0.2, 0) is 11.3 Å². The van der Waals surface area contributed by atoms with E-state index in [1.54, 1.807) is 0 Å². The Morgan fingerprint density at radius 2 is 1.85 bits per heavy atom. The van der Waals surface area contributed by atoms with Crippen LogP contribution in [0.25, 0.3) is 22.4 Å². The predicted octanol–water partition coefficient (Wildman–Crippen LogP) is 3.57. The maximum Gasteiger partial charge on any atom is 0.491 e. The van der Waals surface area contributed by atoms with Crippen molar-refractivity contribution in [2.45, 2.75) is 18.6 Å². The van der Waals surface area contributed by atoms with Gasteiger partial charge in [0.1, 0.15) is 12.4 Å². The summed E-state index contributed by atoms with van der Waals surface area (Å²) in [6.07, 6.45) is -5.27. The van der Waals surface area contributed by atoms with Gasteiger partial charge in [0.2, 0.25) is 11.8 Å². The van der Waals surface area contributed by atoms with E-state index in [0.717, 1.165) is 6.07 Å². The minimum absolute atomic E-state index is 0.0581. The van der Waals surface area contributed by atoms with Gasteiger partial charge in [0.05, 0.1) is 16.6 Å². The van der Waals surface area contributed by atoms with Gasteiger partial charge in [-0.2, -0.15) is 18.3 Å². The lowest BCUT2D eigenvalue weighted by atomic mass is 9.96. The van der Waals surface area contributed by atoms with Crippen molar-refractivity contribution in [1.29, 1.82) is 0 Å². The molecule has 5 rings (SSSR count). The molecule has 1 fully saturated rings. The summed E-state index contributed by atoms with van der Waals surface area (Å²) in [5.41, 5.74) is 1.04. The van der Waals surface area contributed by atoms with E-state index in [-0.39, 0.29) is 35.1 Å². The molecule has 0 spiro atoms. The number of rotatable bonds is 5. The average Bonchev–Trinajstić information content (AvgIpc) is 3.34. The van der Waals surface area contributed by atoms with Crippen molar-refractivity contribution in [3.05, 3.63) is 59.6 Å². The standard InChI is InChI=1S/C21H14F5N5O3/c22-12-3-1-10(2-4-12)19-29-28-15(34-19)9-31-13-5-6-14(33-20(32)21(24,25)26)17(23)16(13)18(30-31)11-7-27-8-11/h1-6,11,27H,7-9H2. The van der Waals surface area contributed by atoms with Crippen molar-refractivity contribution in [3.63, 3.8) is 0 Å². The first kappa shape index (κ1) is 21.9. The number of carbonyl (C=O) groups is 1. The zero-order chi connectivity index (χ0) is 24.0. The fourth-order valence-electron chi connectivity index (χ4n) is 3.52. The maximum absolute atomic E-state index is 15.2. The maximum atomic E-state index is 15.2. The number of fused-ring (bicyclic) bond motifs is 1. The Morgan fingerprint density at radius 3 is 2.50 bits per heavy atom. The molecule has 1 saturated heterocycles. The molecule has 1 N–H and O–H groups in total. The molecule has 0 bridgehead atoms. The highest BCUT2D eigenvalue weighted by Crippen LogP contribution is 2.35. The second-order valence-corrected chi connectivity index (χ2v) is 7.56. The number of nitrogens with zero attached hydrogens (tertiary/aromatic N) is 4. The third-order valence-electron chi connectivity index (χ3n) is 5.29. The summed E-state index contributed by atoms with van der Waals surface area (Å²) < 4.78 is 77.3. The topological polar surface area (TPSA) is 95.1 Å². The fourth-order valence-corrected chi connectivity index (χ4v) is 3.52. The van der Waals surface area contributed by atoms with Crippen LogP contribution in [0.3, 0.4) is 0 Å². The first-order chi connectivity index (χ1) is 16.2. The number of esters is 1. The highest BCUT2D eigenvalue weighted by Gasteiger charge is 2.42. The molecule has 8 nitrogen and oxygen atoms in total. The molecule has 0 radical (unpaired) electrons. The monoisotopic (exact) mass is 479 g/mol. The molecule has 0 aliphatic carbocycles. The van der Waals surface area contributed by atoms with Gasteiger partial charge in [-0.25, -0.2) is 13.6 Å². The van der Waals surface area contributed by atoms with Gasteiger partial charge in [-0.3, -0.25) is 4.68 Å². The summed E-state index contributed by atoms with van der Waals surface area (Å²) in [5.74, 6) is -4.85. The molecule has 34 heavy (non-hydrogen) atoms. The van der Waals surface area contributed by atoms with Gasteiger partial charge < -0.3 is 14.5 Å². The molecule has 0 atom stereocenters. The van der Waals surface area contributed by atoms with Crippen molar-refractivity contribution in [2.75, 3.05) is 13.1 Å². The fraction of sp³-hybridized carbons (Fsp3) is 0.238. The van der Waals surface area contributed by atoms with E-state index in [0.29, 0.717) is 24.3 Å². The average molecular weight is 479 g/mol. The summed E-state index contributed by atoms with van der Waals surface area (Å²) in [5, 5.41) is 15.3. The summed E-state index contributed by atoms with van der Waals surface area (Å²) >= 11 is 0. The molecule has 1 aliphatic rings. The molecule has 2 aromatic heterocycles. The van der Waals surface area contributed by atoms with E-state index < -0.39 is 29.5 Å². The molecule has 176 valence electrons. The van der Waals surface area contributed by atoms with Crippen molar-refractivity contribution in [3.8, 4) is 17.2 Å². The lowest BCUT2D eigenvalue weighted by Crippen LogP contribution is -2.40. The van der Waals surface area contributed by atoms with E-state index in [1.807, 2.05) is 0 Å². The van der Waals surface area contributed by atoms with Gasteiger partial charge in [0, 0.05) is 24.6 Å². The Hall–Kier alpha value is -3.87. The first-order valence-electron chi connectivity index (χ1n) is 9.97. The predicted molar refractivity (Wildman–Crippen MR) is 106 cm³/mol. The molecule has 2 aromatic carbocycles. The Bertz CT molecular complexity index is 1380. The van der Waals surface area contributed by atoms with Crippen LogP contribution in [0.2, 0.25) is 0 Å². The normalized spacial score (nSPS) is 14.4. The van der Waals surface area contributed by atoms with Gasteiger partial charge in [0.25, 0.3) is 0 Å². The second-order valence-electron chi connectivity index (χ2n) is 7.56. The highest BCUT2D eigenvalue weighted by molar-refractivity contribution is 5.87. The molecule has 0 unspecified atom stereocenters. The van der Waals surface area contributed by atoms with Gasteiger partial charge in [-0.1, -0.05) is 0 Å². The quantitative estimate of drug-likeness (QED) is 0.266. The third-order valence-corrected chi connectivity index (χ3v) is 5.29. The van der Waals surface area contributed by atoms with Gasteiger partial charge >= 0.3 is 12.1 Å². The van der Waals surface area contributed by atoms with E-state index >= 15 is 4.39 Å². The number of hydrogen-bond donors (Lipinski definition) is 1. The summed E-state index contributed by atoms with van der Waals surface area (Å²) in [6, 6.07) is 7.65. The lowest BCUT2D eigenvalue weighted by Gasteiger charge is -2.25. The molecule has 13 heteroatoms. The molecule has 0 amide bonds. The van der Waals surface area contributed by atoms with Crippen molar-refractivity contribution in [2.24, 2.45) is 0 Å². The first-order valence-corrected chi connectivity index (χ1v) is 9.97. The van der Waals surface area contributed by atoms with Crippen molar-refractivity contribution in [1.82, 2.24) is 25.3 Å². The van der Waals surface area contributed by atoms with E-state index in [4.69, 9.17) is 4.42 Å². The van der Waals surface area contributed by atoms with Crippen molar-refractivity contribution >= 4 is 16.9 Å². The van der Waals surface area contributed by atoms with Crippen LogP contribution in [0.1, 0.15) is 17.5 Å². The number of alkyl halides is 3. The van der Waals surface area contributed by atoms with E-state index in [2.05, 4.69) is 25.3 Å². The van der Waals surface area contributed by atoms with Crippen molar-refractivity contribution < 1.29 is 35.9 Å². The van der Waals surface area contributed by atoms with Crippen LogP contribution in [0, 0.1) is 11.6 Å².